The highest BCUT2D eigenvalue weighted by atomic mass is 79.9. The summed E-state index contributed by atoms with van der Waals surface area (Å²) in [6, 6.07) is 13.8. The summed E-state index contributed by atoms with van der Waals surface area (Å²) in [5, 5.41) is 12.5. The summed E-state index contributed by atoms with van der Waals surface area (Å²) in [4.78, 5) is 23.5. The Bertz CT molecular complexity index is 721. The number of carbonyl (C=O) groups excluding carboxylic acids is 1. The molecule has 2 N–H and O–H groups in total. The van der Waals surface area contributed by atoms with Crippen molar-refractivity contribution in [3.8, 4) is 0 Å². The average molecular weight is 411 g/mol. The van der Waals surface area contributed by atoms with Crippen molar-refractivity contribution < 1.29 is 14.7 Å². The van der Waals surface area contributed by atoms with Gasteiger partial charge in [-0.15, -0.1) is 0 Å². The Hall–Kier alpha value is -1.85. The Morgan fingerprint density at radius 3 is 2.54 bits per heavy atom. The Morgan fingerprint density at radius 1 is 1.17 bits per heavy atom. The number of hydrogen-bond acceptors (Lipinski definition) is 2. The molecule has 0 heterocycles. The van der Waals surface area contributed by atoms with Gasteiger partial charge in [-0.2, -0.15) is 0 Å². The molecule has 0 saturated carbocycles. The van der Waals surface area contributed by atoms with E-state index < -0.39 is 12.0 Å². The zero-order valence-electron chi connectivity index (χ0n) is 12.8. The van der Waals surface area contributed by atoms with Crippen molar-refractivity contribution in [1.82, 2.24) is 5.32 Å². The van der Waals surface area contributed by atoms with Crippen LogP contribution in [0.15, 0.2) is 53.0 Å². The normalized spacial score (nSPS) is 11.8. The van der Waals surface area contributed by atoms with Gasteiger partial charge >= 0.3 is 5.97 Å². The molecule has 0 spiro atoms. The van der Waals surface area contributed by atoms with Gasteiger partial charge < -0.3 is 10.4 Å². The molecule has 0 aliphatic carbocycles. The van der Waals surface area contributed by atoms with Crippen LogP contribution in [0.2, 0.25) is 5.02 Å². The molecule has 126 valence electrons. The van der Waals surface area contributed by atoms with E-state index >= 15 is 0 Å². The number of benzene rings is 2. The largest absolute Gasteiger partial charge is 0.480 e. The van der Waals surface area contributed by atoms with E-state index in [1.54, 1.807) is 18.2 Å². The summed E-state index contributed by atoms with van der Waals surface area (Å²) < 4.78 is 0.761. The van der Waals surface area contributed by atoms with Crippen LogP contribution in [-0.4, -0.2) is 23.0 Å². The molecule has 0 aliphatic heterocycles. The molecule has 2 rings (SSSR count). The number of aryl methyl sites for hydroxylation is 1. The maximum Gasteiger partial charge on any atom is 0.326 e. The molecule has 24 heavy (non-hydrogen) atoms. The van der Waals surface area contributed by atoms with Crippen molar-refractivity contribution in [3.63, 3.8) is 0 Å². The fraction of sp³-hybridized carbons (Fsp3) is 0.222. The third-order valence-electron chi connectivity index (χ3n) is 3.55. The number of carboxylic acids is 1. The number of hydrogen-bond donors (Lipinski definition) is 2. The lowest BCUT2D eigenvalue weighted by Crippen LogP contribution is -2.42. The van der Waals surface area contributed by atoms with Gasteiger partial charge in [0.15, 0.2) is 0 Å². The zero-order valence-corrected chi connectivity index (χ0v) is 15.2. The van der Waals surface area contributed by atoms with E-state index in [1.165, 1.54) is 0 Å². The summed E-state index contributed by atoms with van der Waals surface area (Å²) in [5.74, 6) is -1.36. The summed E-state index contributed by atoms with van der Waals surface area (Å²) >= 11 is 9.32. The van der Waals surface area contributed by atoms with E-state index in [0.717, 1.165) is 15.6 Å². The summed E-state index contributed by atoms with van der Waals surface area (Å²) in [6.45, 7) is 0. The van der Waals surface area contributed by atoms with Gasteiger partial charge in [0, 0.05) is 22.3 Å². The molecule has 0 radical (unpaired) electrons. The lowest BCUT2D eigenvalue weighted by Gasteiger charge is -2.16. The third-order valence-corrected chi connectivity index (χ3v) is 4.56. The van der Waals surface area contributed by atoms with E-state index in [9.17, 15) is 14.7 Å². The number of aliphatic carboxylic acids is 1. The van der Waals surface area contributed by atoms with Crippen molar-refractivity contribution in [2.45, 2.75) is 25.3 Å². The molecular formula is C18H17BrClNO3. The van der Waals surface area contributed by atoms with Gasteiger partial charge in [0.25, 0.3) is 0 Å². The second-order valence-corrected chi connectivity index (χ2v) is 6.67. The second kappa shape index (κ2) is 8.85. The minimum atomic E-state index is -1.07. The van der Waals surface area contributed by atoms with Crippen LogP contribution in [0.3, 0.4) is 0 Å². The molecule has 6 heteroatoms. The maximum atomic E-state index is 12.1. The zero-order chi connectivity index (χ0) is 17.5. The first-order valence-electron chi connectivity index (χ1n) is 7.45. The van der Waals surface area contributed by atoms with Crippen molar-refractivity contribution in [3.05, 3.63) is 69.2 Å². The lowest BCUT2D eigenvalue weighted by atomic mass is 10.1. The monoisotopic (exact) mass is 409 g/mol. The highest BCUT2D eigenvalue weighted by Crippen LogP contribution is 2.22. The summed E-state index contributed by atoms with van der Waals surface area (Å²) in [7, 11) is 0. The summed E-state index contributed by atoms with van der Waals surface area (Å²) in [5.41, 5.74) is 1.77. The van der Waals surface area contributed by atoms with Crippen LogP contribution in [0, 0.1) is 0 Å². The fourth-order valence-corrected chi connectivity index (χ4v) is 2.89. The first kappa shape index (κ1) is 18.5. The van der Waals surface area contributed by atoms with E-state index in [4.69, 9.17) is 11.6 Å². The minimum absolute atomic E-state index is 0.160. The number of carbonyl (C=O) groups is 2. The number of amides is 1. The minimum Gasteiger partial charge on any atom is -0.480 e. The van der Waals surface area contributed by atoms with Gasteiger partial charge in [-0.1, -0.05) is 57.9 Å². The fourth-order valence-electron chi connectivity index (χ4n) is 2.29. The van der Waals surface area contributed by atoms with Crippen LogP contribution in [0.25, 0.3) is 0 Å². The van der Waals surface area contributed by atoms with E-state index in [-0.39, 0.29) is 18.7 Å². The Balaban J connectivity index is 1.96. The van der Waals surface area contributed by atoms with Crippen molar-refractivity contribution in [2.75, 3.05) is 0 Å². The van der Waals surface area contributed by atoms with E-state index in [1.807, 2.05) is 30.3 Å². The number of nitrogens with one attached hydrogen (secondary N) is 1. The van der Waals surface area contributed by atoms with Crippen molar-refractivity contribution in [2.24, 2.45) is 0 Å². The molecule has 4 nitrogen and oxygen atoms in total. The quantitative estimate of drug-likeness (QED) is 0.728. The number of halogens is 2. The average Bonchev–Trinajstić information content (AvgIpc) is 2.56. The van der Waals surface area contributed by atoms with Gasteiger partial charge in [-0.05, 0) is 35.7 Å². The highest BCUT2D eigenvalue weighted by molar-refractivity contribution is 9.10. The number of rotatable bonds is 7. The maximum absolute atomic E-state index is 12.1. The standard InChI is InChI=1S/C18H17BrClNO3/c19-15-8-7-14(20)10-13(15)11-16(18(23)24)21-17(22)9-6-12-4-2-1-3-5-12/h1-5,7-8,10,16H,6,9,11H2,(H,21,22)(H,23,24)/t16-/m1/s1. The smallest absolute Gasteiger partial charge is 0.326 e. The SMILES string of the molecule is O=C(CCc1ccccc1)N[C@H](Cc1cc(Cl)ccc1Br)C(=O)O. The first-order chi connectivity index (χ1) is 11.5. The van der Waals surface area contributed by atoms with Crippen LogP contribution >= 0.6 is 27.5 Å². The second-order valence-electron chi connectivity index (χ2n) is 5.38. The van der Waals surface area contributed by atoms with Crippen molar-refractivity contribution in [1.29, 1.82) is 0 Å². The molecule has 2 aromatic rings. The Kier molecular flexibility index (Phi) is 6.82. The van der Waals surface area contributed by atoms with Gasteiger partial charge in [-0.3, -0.25) is 4.79 Å². The Labute approximate surface area is 154 Å². The molecule has 0 aromatic heterocycles. The van der Waals surface area contributed by atoms with Crippen LogP contribution in [0.4, 0.5) is 0 Å². The molecule has 0 bridgehead atoms. The number of carboxylic acid groups (broad SMARTS) is 1. The van der Waals surface area contributed by atoms with E-state index in [0.29, 0.717) is 11.4 Å². The molecule has 0 unspecified atom stereocenters. The van der Waals surface area contributed by atoms with Crippen LogP contribution < -0.4 is 5.32 Å². The summed E-state index contributed by atoms with van der Waals surface area (Å²) in [6.07, 6.45) is 0.970. The topological polar surface area (TPSA) is 66.4 Å². The Morgan fingerprint density at radius 2 is 1.88 bits per heavy atom. The van der Waals surface area contributed by atoms with Crippen LogP contribution in [0.1, 0.15) is 17.5 Å². The van der Waals surface area contributed by atoms with Crippen LogP contribution in [-0.2, 0) is 22.4 Å². The van der Waals surface area contributed by atoms with Crippen LogP contribution in [0.5, 0.6) is 0 Å². The molecule has 1 amide bonds. The predicted molar refractivity (Wildman–Crippen MR) is 97.2 cm³/mol. The van der Waals surface area contributed by atoms with E-state index in [2.05, 4.69) is 21.2 Å². The van der Waals surface area contributed by atoms with Gasteiger partial charge in [-0.25, -0.2) is 4.79 Å². The van der Waals surface area contributed by atoms with Gasteiger partial charge in [0.2, 0.25) is 5.91 Å². The molecule has 0 fully saturated rings. The molecule has 2 aromatic carbocycles. The molecule has 0 saturated heterocycles. The lowest BCUT2D eigenvalue weighted by molar-refractivity contribution is -0.141. The van der Waals surface area contributed by atoms with Gasteiger partial charge in [0.1, 0.15) is 6.04 Å². The van der Waals surface area contributed by atoms with Gasteiger partial charge in [0.05, 0.1) is 0 Å². The first-order valence-corrected chi connectivity index (χ1v) is 8.63. The van der Waals surface area contributed by atoms with Crippen molar-refractivity contribution >= 4 is 39.4 Å². The third kappa shape index (κ3) is 5.65. The predicted octanol–water partition coefficient (Wildman–Crippen LogP) is 3.85. The molecule has 0 aliphatic rings. The highest BCUT2D eigenvalue weighted by Gasteiger charge is 2.21. The molecular weight excluding hydrogens is 394 g/mol. The molecule has 1 atom stereocenters.